The molecule has 1 N–H and O–H groups in total. The number of carbonyl (C=O) groups excluding carboxylic acids is 1. The van der Waals surface area contributed by atoms with Gasteiger partial charge >= 0.3 is 0 Å². The molecular formula is C17H16N2O3. The number of para-hydroxylation sites is 1. The van der Waals surface area contributed by atoms with Crippen LogP contribution in [0.1, 0.15) is 28.8 Å². The lowest BCUT2D eigenvalue weighted by Gasteiger charge is -2.16. The van der Waals surface area contributed by atoms with Crippen LogP contribution >= 0.6 is 0 Å². The Bertz CT molecular complexity index is 709. The smallest absolute Gasteiger partial charge is 0.282 e. The lowest BCUT2D eigenvalue weighted by Crippen LogP contribution is -2.32. The summed E-state index contributed by atoms with van der Waals surface area (Å²) in [5.74, 6) is -0.394. The number of nitro benzene ring substituents is 1. The molecule has 0 atom stereocenters. The molecular weight excluding hydrogens is 280 g/mol. The van der Waals surface area contributed by atoms with Crippen molar-refractivity contribution in [3.8, 4) is 0 Å². The maximum atomic E-state index is 12.3. The summed E-state index contributed by atoms with van der Waals surface area (Å²) in [6.45, 7) is 0.502. The fourth-order valence-electron chi connectivity index (χ4n) is 2.68. The highest BCUT2D eigenvalue weighted by molar-refractivity contribution is 5.98. The molecule has 2 aromatic rings. The van der Waals surface area contributed by atoms with Crippen LogP contribution in [0.15, 0.2) is 54.6 Å². The van der Waals surface area contributed by atoms with Gasteiger partial charge in [0.1, 0.15) is 5.56 Å². The van der Waals surface area contributed by atoms with E-state index in [4.69, 9.17) is 0 Å². The molecule has 0 saturated heterocycles. The summed E-state index contributed by atoms with van der Waals surface area (Å²) >= 11 is 0. The quantitative estimate of drug-likeness (QED) is 0.681. The van der Waals surface area contributed by atoms with Crippen LogP contribution in [0, 0.1) is 10.1 Å². The molecule has 3 rings (SSSR count). The minimum Gasteiger partial charge on any atom is -0.351 e. The van der Waals surface area contributed by atoms with E-state index in [-0.39, 0.29) is 16.7 Å². The first kappa shape index (κ1) is 14.3. The first-order chi connectivity index (χ1) is 10.6. The highest BCUT2D eigenvalue weighted by atomic mass is 16.6. The van der Waals surface area contributed by atoms with Gasteiger partial charge in [-0.15, -0.1) is 0 Å². The molecule has 1 fully saturated rings. The van der Waals surface area contributed by atoms with Gasteiger partial charge in [0.25, 0.3) is 11.6 Å². The van der Waals surface area contributed by atoms with Crippen LogP contribution in [0.2, 0.25) is 0 Å². The zero-order valence-corrected chi connectivity index (χ0v) is 12.0. The van der Waals surface area contributed by atoms with Gasteiger partial charge in [-0.25, -0.2) is 0 Å². The third kappa shape index (κ3) is 2.70. The number of carbonyl (C=O) groups is 1. The second-order valence-electron chi connectivity index (χ2n) is 5.60. The predicted octanol–water partition coefficient (Wildman–Crippen LogP) is 3.06. The fourth-order valence-corrected chi connectivity index (χ4v) is 2.68. The van der Waals surface area contributed by atoms with E-state index in [1.54, 1.807) is 12.1 Å². The van der Waals surface area contributed by atoms with Crippen LogP contribution in [-0.4, -0.2) is 17.4 Å². The van der Waals surface area contributed by atoms with E-state index in [9.17, 15) is 14.9 Å². The summed E-state index contributed by atoms with van der Waals surface area (Å²) in [5.41, 5.74) is 1.14. The van der Waals surface area contributed by atoms with E-state index in [0.717, 1.165) is 12.8 Å². The first-order valence-electron chi connectivity index (χ1n) is 7.20. The summed E-state index contributed by atoms with van der Waals surface area (Å²) in [6, 6.07) is 16.1. The molecule has 1 aliphatic rings. The molecule has 2 aromatic carbocycles. The zero-order chi connectivity index (χ0) is 15.6. The van der Waals surface area contributed by atoms with Crippen molar-refractivity contribution in [2.75, 3.05) is 6.54 Å². The second kappa shape index (κ2) is 5.60. The topological polar surface area (TPSA) is 72.2 Å². The maximum Gasteiger partial charge on any atom is 0.282 e. The Hall–Kier alpha value is -2.69. The number of nitrogens with one attached hydrogen (secondary N) is 1. The molecule has 0 spiro atoms. The molecule has 1 saturated carbocycles. The molecule has 0 aromatic heterocycles. The van der Waals surface area contributed by atoms with Crippen molar-refractivity contribution < 1.29 is 9.72 Å². The van der Waals surface area contributed by atoms with E-state index in [1.165, 1.54) is 17.7 Å². The van der Waals surface area contributed by atoms with Gasteiger partial charge in [-0.05, 0) is 24.5 Å². The molecule has 0 heterocycles. The van der Waals surface area contributed by atoms with E-state index < -0.39 is 10.8 Å². The molecule has 22 heavy (non-hydrogen) atoms. The van der Waals surface area contributed by atoms with Crippen molar-refractivity contribution in [3.05, 3.63) is 75.8 Å². The van der Waals surface area contributed by atoms with Crippen LogP contribution in [-0.2, 0) is 5.41 Å². The molecule has 1 amide bonds. The molecule has 5 nitrogen and oxygen atoms in total. The highest BCUT2D eigenvalue weighted by Gasteiger charge is 2.44. The van der Waals surface area contributed by atoms with Gasteiger partial charge < -0.3 is 5.32 Å². The number of rotatable bonds is 5. The molecule has 1 aliphatic carbocycles. The van der Waals surface area contributed by atoms with Crippen molar-refractivity contribution in [1.29, 1.82) is 0 Å². The van der Waals surface area contributed by atoms with Crippen molar-refractivity contribution in [3.63, 3.8) is 0 Å². The number of amides is 1. The third-order valence-corrected chi connectivity index (χ3v) is 4.17. The van der Waals surface area contributed by atoms with Crippen LogP contribution in [0.25, 0.3) is 0 Å². The van der Waals surface area contributed by atoms with Gasteiger partial charge in [-0.2, -0.15) is 0 Å². The van der Waals surface area contributed by atoms with Crippen molar-refractivity contribution in [2.24, 2.45) is 0 Å². The van der Waals surface area contributed by atoms with Crippen molar-refractivity contribution >= 4 is 11.6 Å². The van der Waals surface area contributed by atoms with Crippen LogP contribution in [0.5, 0.6) is 0 Å². The lowest BCUT2D eigenvalue weighted by atomic mass is 9.96. The predicted molar refractivity (Wildman–Crippen MR) is 82.8 cm³/mol. The number of nitrogens with zero attached hydrogens (tertiary/aromatic N) is 1. The Labute approximate surface area is 128 Å². The molecule has 0 bridgehead atoms. The zero-order valence-electron chi connectivity index (χ0n) is 12.0. The lowest BCUT2D eigenvalue weighted by molar-refractivity contribution is -0.385. The summed E-state index contributed by atoms with van der Waals surface area (Å²) in [6.07, 6.45) is 2.04. The van der Waals surface area contributed by atoms with Crippen molar-refractivity contribution in [2.45, 2.75) is 18.3 Å². The van der Waals surface area contributed by atoms with Gasteiger partial charge in [0.2, 0.25) is 0 Å². The maximum absolute atomic E-state index is 12.3. The van der Waals surface area contributed by atoms with Gasteiger partial charge in [0, 0.05) is 18.0 Å². The minimum absolute atomic E-state index is 0.0134. The Balaban J connectivity index is 1.73. The van der Waals surface area contributed by atoms with Crippen LogP contribution in [0.3, 0.4) is 0 Å². The summed E-state index contributed by atoms with van der Waals surface area (Å²) in [7, 11) is 0. The monoisotopic (exact) mass is 296 g/mol. The molecule has 0 radical (unpaired) electrons. The second-order valence-corrected chi connectivity index (χ2v) is 5.60. The molecule has 0 aliphatic heterocycles. The summed E-state index contributed by atoms with van der Waals surface area (Å²) in [5, 5.41) is 13.8. The summed E-state index contributed by atoms with van der Waals surface area (Å²) in [4.78, 5) is 22.7. The molecule has 112 valence electrons. The van der Waals surface area contributed by atoms with Crippen LogP contribution in [0.4, 0.5) is 5.69 Å². The normalized spacial score (nSPS) is 15.1. The van der Waals surface area contributed by atoms with Gasteiger partial charge in [0.05, 0.1) is 4.92 Å². The SMILES string of the molecule is O=C(NCC1(c2ccccc2)CC1)c1ccccc1[N+](=O)[O-]. The van der Waals surface area contributed by atoms with Crippen molar-refractivity contribution in [1.82, 2.24) is 5.32 Å². The third-order valence-electron chi connectivity index (χ3n) is 4.17. The standard InChI is InChI=1S/C17H16N2O3/c20-16(14-8-4-5-9-15(14)19(21)22)18-12-17(10-11-17)13-6-2-1-3-7-13/h1-9H,10-12H2,(H,18,20). The Morgan fingerprint density at radius 1 is 1.09 bits per heavy atom. The van der Waals surface area contributed by atoms with E-state index in [0.29, 0.717) is 6.54 Å². The fraction of sp³-hybridized carbons (Fsp3) is 0.235. The van der Waals surface area contributed by atoms with E-state index >= 15 is 0 Å². The average Bonchev–Trinajstić information content (AvgIpc) is 3.34. The van der Waals surface area contributed by atoms with E-state index in [2.05, 4.69) is 17.4 Å². The Morgan fingerprint density at radius 3 is 2.36 bits per heavy atom. The average molecular weight is 296 g/mol. The Morgan fingerprint density at radius 2 is 1.73 bits per heavy atom. The highest BCUT2D eigenvalue weighted by Crippen LogP contribution is 2.47. The van der Waals surface area contributed by atoms with Gasteiger partial charge in [-0.3, -0.25) is 14.9 Å². The number of nitro groups is 1. The number of hydrogen-bond acceptors (Lipinski definition) is 3. The van der Waals surface area contributed by atoms with Gasteiger partial charge in [-0.1, -0.05) is 42.5 Å². The first-order valence-corrected chi connectivity index (χ1v) is 7.20. The molecule has 5 heteroatoms. The minimum atomic E-state index is -0.529. The summed E-state index contributed by atoms with van der Waals surface area (Å²) < 4.78 is 0. The van der Waals surface area contributed by atoms with E-state index in [1.807, 2.05) is 18.2 Å². The number of benzene rings is 2. The largest absolute Gasteiger partial charge is 0.351 e. The van der Waals surface area contributed by atoms with Gasteiger partial charge in [0.15, 0.2) is 0 Å². The number of hydrogen-bond donors (Lipinski definition) is 1. The van der Waals surface area contributed by atoms with Crippen LogP contribution < -0.4 is 5.32 Å². The molecule has 0 unspecified atom stereocenters. The Kier molecular flexibility index (Phi) is 3.63.